The van der Waals surface area contributed by atoms with Crippen LogP contribution in [0, 0.1) is 0 Å². The molecule has 3 aliphatic heterocycles. The first-order valence-corrected chi connectivity index (χ1v) is 14.8. The van der Waals surface area contributed by atoms with E-state index >= 15 is 0 Å². The van der Waals surface area contributed by atoms with Crippen LogP contribution < -0.4 is 24.9 Å². The second-order valence-corrected chi connectivity index (χ2v) is 13.6. The Kier molecular flexibility index (Phi) is 6.42. The summed E-state index contributed by atoms with van der Waals surface area (Å²) in [4.78, 5) is 18.4. The second kappa shape index (κ2) is 9.16. The number of nitrogens with zero attached hydrogens (tertiary/aromatic N) is 3. The number of rotatable bonds is 6. The maximum absolute atomic E-state index is 11.9. The molecule has 2 N–H and O–H groups in total. The Hall–Kier alpha value is -3.24. The number of hydrogen-bond donors (Lipinski definition) is 2. The lowest BCUT2D eigenvalue weighted by Gasteiger charge is -2.45. The van der Waals surface area contributed by atoms with Crippen molar-refractivity contribution in [1.29, 1.82) is 0 Å². The Morgan fingerprint density at radius 3 is 2.56 bits per heavy atom. The minimum atomic E-state index is -4.29. The van der Waals surface area contributed by atoms with E-state index in [4.69, 9.17) is 9.73 Å². The van der Waals surface area contributed by atoms with E-state index in [0.717, 1.165) is 17.8 Å². The third-order valence-corrected chi connectivity index (χ3v) is 8.90. The molecule has 9 nitrogen and oxygen atoms in total. The second-order valence-electron chi connectivity index (χ2n) is 12.1. The number of ether oxygens (including phenoxy) is 1. The Morgan fingerprint density at radius 1 is 1.18 bits per heavy atom. The molecule has 1 unspecified atom stereocenters. The molecule has 3 heterocycles. The lowest BCUT2D eigenvalue weighted by atomic mass is 9.80. The van der Waals surface area contributed by atoms with E-state index in [1.807, 2.05) is 38.1 Å². The number of hydrogen-bond acceptors (Lipinski definition) is 6. The third kappa shape index (κ3) is 5.07. The SMILES string of the molecule is CC1CC(C)(C)N(C)c2cc3c(cc21)N=c1cc2c(cc1O3)=[N+](CCCC(=O)O)C(C)(C)C=C2CS(=O)(=O)O. The summed E-state index contributed by atoms with van der Waals surface area (Å²) in [5.41, 5.74) is 3.51. The zero-order valence-corrected chi connectivity index (χ0v) is 24.1. The number of benzene rings is 2. The summed E-state index contributed by atoms with van der Waals surface area (Å²) in [6.45, 7) is 11.0. The molecule has 208 valence electrons. The maximum atomic E-state index is 11.9. The van der Waals surface area contributed by atoms with Crippen LogP contribution >= 0.6 is 0 Å². The van der Waals surface area contributed by atoms with Crippen LogP contribution in [0.3, 0.4) is 0 Å². The molecule has 3 aliphatic rings. The summed E-state index contributed by atoms with van der Waals surface area (Å²) in [6, 6.07) is 7.79. The fourth-order valence-electron chi connectivity index (χ4n) is 6.21. The van der Waals surface area contributed by atoms with Gasteiger partial charge in [-0.25, -0.2) is 9.57 Å². The third-order valence-electron chi connectivity index (χ3n) is 8.22. The van der Waals surface area contributed by atoms with Crippen LogP contribution in [0.5, 0.6) is 11.5 Å². The van der Waals surface area contributed by atoms with Crippen molar-refractivity contribution in [3.8, 4) is 11.5 Å². The molecule has 5 rings (SSSR count). The first kappa shape index (κ1) is 27.3. The Balaban J connectivity index is 1.70. The van der Waals surface area contributed by atoms with Crippen molar-refractivity contribution in [3.05, 3.63) is 52.2 Å². The lowest BCUT2D eigenvalue weighted by molar-refractivity contribution is -0.137. The van der Waals surface area contributed by atoms with Crippen LogP contribution in [0.1, 0.15) is 70.9 Å². The van der Waals surface area contributed by atoms with Crippen molar-refractivity contribution in [3.63, 3.8) is 0 Å². The van der Waals surface area contributed by atoms with Crippen molar-refractivity contribution in [1.82, 2.24) is 4.58 Å². The molecule has 2 aromatic rings. The van der Waals surface area contributed by atoms with Crippen LogP contribution in [-0.2, 0) is 14.9 Å². The van der Waals surface area contributed by atoms with E-state index in [1.165, 1.54) is 5.56 Å². The van der Waals surface area contributed by atoms with Crippen molar-refractivity contribution in [2.45, 2.75) is 70.9 Å². The summed E-state index contributed by atoms with van der Waals surface area (Å²) in [6.07, 6.45) is 3.26. The molecule has 0 spiro atoms. The fraction of sp³-hybridized carbons (Fsp3) is 0.483. The highest BCUT2D eigenvalue weighted by Gasteiger charge is 2.38. The maximum Gasteiger partial charge on any atom is 0.303 e. The van der Waals surface area contributed by atoms with Gasteiger partial charge in [0, 0.05) is 44.6 Å². The van der Waals surface area contributed by atoms with Gasteiger partial charge in [0.1, 0.15) is 23.3 Å². The molecule has 0 radical (unpaired) electrons. The highest BCUT2D eigenvalue weighted by molar-refractivity contribution is 7.86. The molecular formula is C29H36N3O6S+. The Labute approximate surface area is 228 Å². The van der Waals surface area contributed by atoms with Gasteiger partial charge in [0.2, 0.25) is 5.36 Å². The zero-order valence-electron chi connectivity index (χ0n) is 23.3. The van der Waals surface area contributed by atoms with E-state index in [0.29, 0.717) is 52.2 Å². The molecule has 39 heavy (non-hydrogen) atoms. The van der Waals surface area contributed by atoms with Gasteiger partial charge < -0.3 is 14.7 Å². The minimum Gasteiger partial charge on any atom is -0.481 e. The van der Waals surface area contributed by atoms with E-state index in [9.17, 15) is 22.9 Å². The molecule has 0 amide bonds. The largest absolute Gasteiger partial charge is 0.481 e. The van der Waals surface area contributed by atoms with Crippen molar-refractivity contribution >= 4 is 33.0 Å². The van der Waals surface area contributed by atoms with E-state index in [2.05, 4.69) is 43.4 Å². The van der Waals surface area contributed by atoms with Gasteiger partial charge >= 0.3 is 5.97 Å². The smallest absolute Gasteiger partial charge is 0.303 e. The molecule has 1 atom stereocenters. The Morgan fingerprint density at radius 2 is 1.90 bits per heavy atom. The monoisotopic (exact) mass is 554 g/mol. The predicted octanol–water partition coefficient (Wildman–Crippen LogP) is 3.88. The van der Waals surface area contributed by atoms with E-state index < -0.39 is 27.4 Å². The molecule has 0 aromatic heterocycles. The number of aliphatic carboxylic acids is 1. The minimum absolute atomic E-state index is 0.00125. The number of anilines is 1. The van der Waals surface area contributed by atoms with Crippen LogP contribution in [0.15, 0.2) is 35.3 Å². The first-order valence-electron chi connectivity index (χ1n) is 13.2. The van der Waals surface area contributed by atoms with Gasteiger partial charge in [-0.2, -0.15) is 8.42 Å². The average Bonchev–Trinajstić information content (AvgIpc) is 2.80. The molecule has 10 heteroatoms. The van der Waals surface area contributed by atoms with Gasteiger partial charge in [0.25, 0.3) is 10.1 Å². The molecule has 0 saturated heterocycles. The van der Waals surface area contributed by atoms with Crippen molar-refractivity contribution < 1.29 is 27.6 Å². The van der Waals surface area contributed by atoms with Crippen LogP contribution in [0.4, 0.5) is 11.4 Å². The Bertz CT molecular complexity index is 1660. The van der Waals surface area contributed by atoms with Crippen LogP contribution in [0.25, 0.3) is 5.57 Å². The standard InChI is InChI=1S/C29H35N3O6S/c1-17-14-28(2,3)31(6)23-12-25-21(10-19(17)23)30-22-11-20-18(16-39(35,36)37)15-29(4,5)32(9-7-8-27(33)34)24(20)13-26(22)38-25/h10-13,15,17H,7-9,14,16H2,1-6H3,(H-,33,34,35,36,37)/p+1. The van der Waals surface area contributed by atoms with Gasteiger partial charge in [0.15, 0.2) is 17.0 Å². The summed E-state index contributed by atoms with van der Waals surface area (Å²) >= 11 is 0. The number of carbonyl (C=O) groups is 1. The van der Waals surface area contributed by atoms with Crippen molar-refractivity contribution in [2.24, 2.45) is 4.99 Å². The molecule has 2 aromatic carbocycles. The molecule has 0 bridgehead atoms. The van der Waals surface area contributed by atoms with Crippen LogP contribution in [0.2, 0.25) is 0 Å². The van der Waals surface area contributed by atoms with Crippen LogP contribution in [-0.4, -0.2) is 54.5 Å². The quantitative estimate of drug-likeness (QED) is 0.351. The summed E-state index contributed by atoms with van der Waals surface area (Å²) in [5, 5.41) is 10.5. The van der Waals surface area contributed by atoms with E-state index in [1.54, 1.807) is 0 Å². The normalized spacial score (nSPS) is 20.5. The van der Waals surface area contributed by atoms with Gasteiger partial charge in [-0.15, -0.1) is 0 Å². The molecule has 0 fully saturated rings. The molecular weight excluding hydrogens is 518 g/mol. The highest BCUT2D eigenvalue weighted by Crippen LogP contribution is 2.48. The fourth-order valence-corrected chi connectivity index (χ4v) is 6.84. The van der Waals surface area contributed by atoms with Gasteiger partial charge in [-0.1, -0.05) is 6.92 Å². The van der Waals surface area contributed by atoms with E-state index in [-0.39, 0.29) is 12.0 Å². The lowest BCUT2D eigenvalue weighted by Crippen LogP contribution is -2.50. The molecule has 0 aliphatic carbocycles. The summed E-state index contributed by atoms with van der Waals surface area (Å²) in [7, 11) is -2.20. The highest BCUT2D eigenvalue weighted by atomic mass is 32.2. The van der Waals surface area contributed by atoms with Gasteiger partial charge in [-0.05, 0) is 55.5 Å². The topological polar surface area (TPSA) is 120 Å². The molecule has 0 saturated carbocycles. The zero-order chi connectivity index (χ0) is 28.5. The van der Waals surface area contributed by atoms with Crippen molar-refractivity contribution in [2.75, 3.05) is 24.2 Å². The predicted molar refractivity (Wildman–Crippen MR) is 150 cm³/mol. The first-order chi connectivity index (χ1) is 18.1. The van der Waals surface area contributed by atoms with Gasteiger partial charge in [0.05, 0.1) is 18.1 Å². The number of fused-ring (bicyclic) bond motifs is 4. The average molecular weight is 555 g/mol. The van der Waals surface area contributed by atoms with Gasteiger partial charge in [-0.3, -0.25) is 9.35 Å². The summed E-state index contributed by atoms with van der Waals surface area (Å²) in [5.74, 6) is 0.138. The summed E-state index contributed by atoms with van der Waals surface area (Å²) < 4.78 is 42.0. The number of carboxylic acid groups (broad SMARTS) is 1. The number of carboxylic acids is 1.